The monoisotopic (exact) mass is 458 g/mol. The third kappa shape index (κ3) is 4.27. The zero-order valence-corrected chi connectivity index (χ0v) is 19.8. The predicted molar refractivity (Wildman–Crippen MR) is 134 cm³/mol. The van der Waals surface area contributed by atoms with E-state index < -0.39 is 0 Å². The Morgan fingerprint density at radius 3 is 2.59 bits per heavy atom. The quantitative estimate of drug-likeness (QED) is 0.453. The van der Waals surface area contributed by atoms with Crippen LogP contribution in [-0.2, 0) is 6.42 Å². The summed E-state index contributed by atoms with van der Waals surface area (Å²) in [5.74, 6) is 1.62. The topological polar surface area (TPSA) is 87.4 Å². The highest BCUT2D eigenvalue weighted by Gasteiger charge is 2.27. The molecule has 0 atom stereocenters. The van der Waals surface area contributed by atoms with E-state index in [1.807, 2.05) is 24.0 Å². The molecule has 0 radical (unpaired) electrons. The van der Waals surface area contributed by atoms with E-state index in [2.05, 4.69) is 52.6 Å². The first-order chi connectivity index (χ1) is 16.7. The molecule has 176 valence electrons. The molecule has 1 aliphatic heterocycles. The van der Waals surface area contributed by atoms with Gasteiger partial charge in [0.05, 0.1) is 0 Å². The van der Waals surface area contributed by atoms with Crippen molar-refractivity contribution in [3.05, 3.63) is 48.3 Å². The van der Waals surface area contributed by atoms with Crippen LogP contribution in [0.2, 0.25) is 0 Å². The number of rotatable bonds is 6. The fourth-order valence-electron chi connectivity index (χ4n) is 4.47. The maximum Gasteiger partial charge on any atom is 0.317 e. The summed E-state index contributed by atoms with van der Waals surface area (Å²) in [6.45, 7) is 7.38. The molecule has 0 spiro atoms. The molecule has 1 saturated heterocycles. The van der Waals surface area contributed by atoms with E-state index in [1.165, 1.54) is 5.39 Å². The van der Waals surface area contributed by atoms with Gasteiger partial charge in [0.2, 0.25) is 0 Å². The molecule has 0 saturated carbocycles. The first-order valence-corrected chi connectivity index (χ1v) is 12.1. The van der Waals surface area contributed by atoms with E-state index in [9.17, 15) is 4.79 Å². The molecule has 1 aliphatic rings. The lowest BCUT2D eigenvalue weighted by Gasteiger charge is -2.35. The van der Waals surface area contributed by atoms with Gasteiger partial charge in [0, 0.05) is 44.7 Å². The molecule has 5 rings (SSSR count). The van der Waals surface area contributed by atoms with Crippen molar-refractivity contribution in [3.8, 4) is 11.3 Å². The molecule has 2 aromatic carbocycles. The number of nitrogens with one attached hydrogen (secondary N) is 1. The van der Waals surface area contributed by atoms with Gasteiger partial charge < -0.3 is 19.6 Å². The number of fused-ring (bicyclic) bond motifs is 2. The number of unbranched alkanes of at least 4 members (excludes halogenated alkanes) is 1. The molecule has 34 heavy (non-hydrogen) atoms. The van der Waals surface area contributed by atoms with Gasteiger partial charge in [-0.3, -0.25) is 0 Å². The van der Waals surface area contributed by atoms with E-state index in [4.69, 9.17) is 14.5 Å². The minimum absolute atomic E-state index is 0.0135. The van der Waals surface area contributed by atoms with Crippen molar-refractivity contribution in [2.75, 3.05) is 37.6 Å². The Bertz CT molecular complexity index is 1310. The summed E-state index contributed by atoms with van der Waals surface area (Å²) in [6.07, 6.45) is 2.88. The average Bonchev–Trinajstić information content (AvgIpc) is 3.31. The van der Waals surface area contributed by atoms with E-state index in [-0.39, 0.29) is 6.03 Å². The standard InChI is InChI=1S/C26H30N6O2/c1-3-5-10-21-28-24(31-13-15-32(16-14-31)26(33)27-4-2)22-23(30-34-25(22)29-21)20-12-11-18-8-6-7-9-19(18)17-20/h6-9,11-12,17H,3-5,10,13-16H2,1-2H3,(H,27,33). The highest BCUT2D eigenvalue weighted by molar-refractivity contribution is 6.00. The zero-order valence-electron chi connectivity index (χ0n) is 19.8. The largest absolute Gasteiger partial charge is 0.352 e. The van der Waals surface area contributed by atoms with E-state index >= 15 is 0 Å². The third-order valence-electron chi connectivity index (χ3n) is 6.33. The van der Waals surface area contributed by atoms with Crippen LogP contribution in [-0.4, -0.2) is 58.8 Å². The number of urea groups is 1. The molecule has 0 aliphatic carbocycles. The summed E-state index contributed by atoms with van der Waals surface area (Å²) in [7, 11) is 0. The van der Waals surface area contributed by atoms with Crippen molar-refractivity contribution in [1.29, 1.82) is 0 Å². The number of hydrogen-bond donors (Lipinski definition) is 1. The fraction of sp³-hybridized carbons (Fsp3) is 0.385. The molecule has 1 fully saturated rings. The van der Waals surface area contributed by atoms with Crippen molar-refractivity contribution < 1.29 is 9.32 Å². The van der Waals surface area contributed by atoms with Crippen LogP contribution < -0.4 is 10.2 Å². The van der Waals surface area contributed by atoms with Gasteiger partial charge >= 0.3 is 6.03 Å². The molecule has 4 aromatic rings. The molecular weight excluding hydrogens is 428 g/mol. The van der Waals surface area contributed by atoms with Crippen molar-refractivity contribution in [2.45, 2.75) is 33.1 Å². The van der Waals surface area contributed by atoms with Crippen LogP contribution in [0.3, 0.4) is 0 Å². The summed E-state index contributed by atoms with van der Waals surface area (Å²) in [5.41, 5.74) is 2.25. The Hall–Kier alpha value is -3.68. The van der Waals surface area contributed by atoms with Gasteiger partial charge in [-0.2, -0.15) is 4.98 Å². The van der Waals surface area contributed by atoms with Crippen LogP contribution >= 0.6 is 0 Å². The molecule has 0 unspecified atom stereocenters. The first-order valence-electron chi connectivity index (χ1n) is 12.1. The minimum Gasteiger partial charge on any atom is -0.352 e. The number of carbonyl (C=O) groups excluding carboxylic acids is 1. The van der Waals surface area contributed by atoms with Crippen LogP contribution in [0, 0.1) is 0 Å². The van der Waals surface area contributed by atoms with Crippen molar-refractivity contribution >= 4 is 33.7 Å². The number of aryl methyl sites for hydroxylation is 1. The summed E-state index contributed by atoms with van der Waals surface area (Å²) in [5, 5.41) is 10.5. The number of nitrogens with zero attached hydrogens (tertiary/aromatic N) is 5. The van der Waals surface area contributed by atoms with Gasteiger partial charge in [-0.25, -0.2) is 9.78 Å². The van der Waals surface area contributed by atoms with Crippen molar-refractivity contribution in [3.63, 3.8) is 0 Å². The Balaban J connectivity index is 1.54. The van der Waals surface area contributed by atoms with Crippen LogP contribution in [0.1, 0.15) is 32.5 Å². The van der Waals surface area contributed by atoms with Gasteiger partial charge in [0.15, 0.2) is 0 Å². The molecule has 8 nitrogen and oxygen atoms in total. The lowest BCUT2D eigenvalue weighted by Crippen LogP contribution is -2.52. The predicted octanol–water partition coefficient (Wildman–Crippen LogP) is 4.63. The summed E-state index contributed by atoms with van der Waals surface area (Å²) < 4.78 is 5.76. The van der Waals surface area contributed by atoms with Crippen LogP contribution in [0.25, 0.3) is 33.1 Å². The third-order valence-corrected chi connectivity index (χ3v) is 6.33. The molecule has 2 aromatic heterocycles. The second-order valence-electron chi connectivity index (χ2n) is 8.65. The van der Waals surface area contributed by atoms with Gasteiger partial charge in [0.1, 0.15) is 22.7 Å². The number of piperazine rings is 1. The highest BCUT2D eigenvalue weighted by atomic mass is 16.5. The zero-order chi connectivity index (χ0) is 23.5. The Morgan fingerprint density at radius 2 is 1.82 bits per heavy atom. The smallest absolute Gasteiger partial charge is 0.317 e. The second-order valence-corrected chi connectivity index (χ2v) is 8.65. The molecule has 8 heteroatoms. The minimum atomic E-state index is -0.0135. The van der Waals surface area contributed by atoms with E-state index in [1.54, 1.807) is 0 Å². The van der Waals surface area contributed by atoms with Gasteiger partial charge in [0.25, 0.3) is 5.71 Å². The number of hydrogen-bond acceptors (Lipinski definition) is 6. The molecule has 2 amide bonds. The fourth-order valence-corrected chi connectivity index (χ4v) is 4.47. The van der Waals surface area contributed by atoms with Gasteiger partial charge in [-0.15, -0.1) is 0 Å². The van der Waals surface area contributed by atoms with E-state index in [0.717, 1.165) is 52.9 Å². The van der Waals surface area contributed by atoms with Gasteiger partial charge in [-0.05, 0) is 30.2 Å². The lowest BCUT2D eigenvalue weighted by atomic mass is 10.0. The van der Waals surface area contributed by atoms with Crippen LogP contribution in [0.4, 0.5) is 10.6 Å². The Labute approximate surface area is 198 Å². The molecule has 1 N–H and O–H groups in total. The molecule has 3 heterocycles. The highest BCUT2D eigenvalue weighted by Crippen LogP contribution is 2.35. The number of anilines is 1. The Kier molecular flexibility index (Phi) is 6.29. The maximum absolute atomic E-state index is 12.3. The number of carbonyl (C=O) groups is 1. The van der Waals surface area contributed by atoms with Crippen LogP contribution in [0.5, 0.6) is 0 Å². The van der Waals surface area contributed by atoms with Crippen molar-refractivity contribution in [1.82, 2.24) is 25.3 Å². The summed E-state index contributed by atoms with van der Waals surface area (Å²) in [4.78, 5) is 26.1. The maximum atomic E-state index is 12.3. The number of benzene rings is 2. The molecule has 0 bridgehead atoms. The van der Waals surface area contributed by atoms with E-state index in [0.29, 0.717) is 38.4 Å². The summed E-state index contributed by atoms with van der Waals surface area (Å²) >= 11 is 0. The number of amides is 2. The normalized spacial score (nSPS) is 14.2. The van der Waals surface area contributed by atoms with Crippen LogP contribution in [0.15, 0.2) is 47.0 Å². The average molecular weight is 459 g/mol. The lowest BCUT2D eigenvalue weighted by molar-refractivity contribution is 0.195. The number of aromatic nitrogens is 3. The Morgan fingerprint density at radius 1 is 1.03 bits per heavy atom. The van der Waals surface area contributed by atoms with Gasteiger partial charge in [-0.1, -0.05) is 54.9 Å². The van der Waals surface area contributed by atoms with Crippen molar-refractivity contribution in [2.24, 2.45) is 0 Å². The summed E-state index contributed by atoms with van der Waals surface area (Å²) in [6, 6.07) is 14.6. The second kappa shape index (κ2) is 9.67. The first kappa shape index (κ1) is 22.1. The molecular formula is C26H30N6O2. The SMILES string of the molecule is CCCCc1nc(N2CCN(C(=O)NCC)CC2)c2c(-c3ccc4ccccc4c3)noc2n1.